The Morgan fingerprint density at radius 1 is 1.19 bits per heavy atom. The summed E-state index contributed by atoms with van der Waals surface area (Å²) < 4.78 is 36.7. The molecule has 90 valence electrons. The number of hydrogen-bond acceptors (Lipinski definition) is 3. The third-order valence-corrected chi connectivity index (χ3v) is 2.36. The van der Waals surface area contributed by atoms with E-state index in [0.29, 0.717) is 0 Å². The molecule has 3 nitrogen and oxygen atoms in total. The fourth-order valence-electron chi connectivity index (χ4n) is 1.57. The van der Waals surface area contributed by atoms with Gasteiger partial charge in [0, 0.05) is 19.8 Å². The summed E-state index contributed by atoms with van der Waals surface area (Å²) >= 11 is 0. The molecule has 0 bridgehead atoms. The molecule has 1 aromatic rings. The van der Waals surface area contributed by atoms with Crippen molar-refractivity contribution in [1.82, 2.24) is 5.32 Å². The van der Waals surface area contributed by atoms with Crippen molar-refractivity contribution >= 4 is 0 Å². The lowest BCUT2D eigenvalue weighted by Crippen LogP contribution is -2.33. The van der Waals surface area contributed by atoms with E-state index in [2.05, 4.69) is 5.32 Å². The second-order valence-electron chi connectivity index (χ2n) is 3.25. The molecule has 0 saturated carbocycles. The highest BCUT2D eigenvalue weighted by molar-refractivity contribution is 5.23. The highest BCUT2D eigenvalue weighted by atomic mass is 19.2. The minimum atomic E-state index is -0.888. The molecular weight excluding hydrogens is 216 g/mol. The molecule has 0 aliphatic carbocycles. The molecule has 0 amide bonds. The van der Waals surface area contributed by atoms with Gasteiger partial charge in [0.25, 0.3) is 0 Å². The first-order valence-corrected chi connectivity index (χ1v) is 4.82. The molecule has 0 spiro atoms. The molecule has 1 N–H and O–H groups in total. The van der Waals surface area contributed by atoms with Crippen LogP contribution in [0.25, 0.3) is 0 Å². The number of benzene rings is 1. The molecule has 1 unspecified atom stereocenters. The van der Waals surface area contributed by atoms with Crippen LogP contribution >= 0.6 is 0 Å². The van der Waals surface area contributed by atoms with Gasteiger partial charge in [-0.25, -0.2) is 8.78 Å². The Balaban J connectivity index is 3.07. The lowest BCUT2D eigenvalue weighted by molar-refractivity contribution is -0.123. The second kappa shape index (κ2) is 5.89. The molecule has 0 radical (unpaired) electrons. The molecule has 0 saturated heterocycles. The number of halogens is 2. The van der Waals surface area contributed by atoms with Crippen molar-refractivity contribution in [2.75, 3.05) is 21.3 Å². The average Bonchev–Trinajstić information content (AvgIpc) is 2.30. The van der Waals surface area contributed by atoms with E-state index in [1.165, 1.54) is 26.4 Å². The lowest BCUT2D eigenvalue weighted by atomic mass is 10.1. The maximum atomic E-state index is 13.5. The van der Waals surface area contributed by atoms with Crippen LogP contribution in [0.5, 0.6) is 0 Å². The Kier molecular flexibility index (Phi) is 4.79. The van der Waals surface area contributed by atoms with Gasteiger partial charge in [-0.3, -0.25) is 0 Å². The molecule has 5 heteroatoms. The second-order valence-corrected chi connectivity index (χ2v) is 3.25. The highest BCUT2D eigenvalue weighted by Gasteiger charge is 2.25. The predicted molar refractivity (Wildman–Crippen MR) is 56.0 cm³/mol. The quantitative estimate of drug-likeness (QED) is 0.784. The predicted octanol–water partition coefficient (Wildman–Crippen LogP) is 1.84. The van der Waals surface area contributed by atoms with Crippen LogP contribution in [0.3, 0.4) is 0 Å². The highest BCUT2D eigenvalue weighted by Crippen LogP contribution is 2.23. The van der Waals surface area contributed by atoms with Gasteiger partial charge in [0.05, 0.1) is 6.04 Å². The maximum absolute atomic E-state index is 13.5. The summed E-state index contributed by atoms with van der Waals surface area (Å²) in [5, 5.41) is 2.83. The monoisotopic (exact) mass is 231 g/mol. The third kappa shape index (κ3) is 2.55. The van der Waals surface area contributed by atoms with Crippen LogP contribution in [0.4, 0.5) is 8.78 Å². The zero-order chi connectivity index (χ0) is 12.1. The Morgan fingerprint density at radius 2 is 1.81 bits per heavy atom. The van der Waals surface area contributed by atoms with Crippen molar-refractivity contribution in [3.8, 4) is 0 Å². The zero-order valence-corrected chi connectivity index (χ0v) is 9.46. The summed E-state index contributed by atoms with van der Waals surface area (Å²) in [5.41, 5.74) is 0.177. The minimum absolute atomic E-state index is 0.177. The van der Waals surface area contributed by atoms with E-state index < -0.39 is 24.0 Å². The SMILES string of the molecule is CNC(c1cccc(F)c1F)C(OC)OC. The van der Waals surface area contributed by atoms with Gasteiger partial charge in [-0.1, -0.05) is 12.1 Å². The van der Waals surface area contributed by atoms with E-state index in [0.717, 1.165) is 6.07 Å². The summed E-state index contributed by atoms with van der Waals surface area (Å²) in [6.45, 7) is 0. The first-order valence-electron chi connectivity index (χ1n) is 4.82. The van der Waals surface area contributed by atoms with Crippen molar-refractivity contribution in [2.24, 2.45) is 0 Å². The molecule has 1 rings (SSSR count). The van der Waals surface area contributed by atoms with Crippen molar-refractivity contribution in [2.45, 2.75) is 12.3 Å². The van der Waals surface area contributed by atoms with Crippen LogP contribution in [-0.4, -0.2) is 27.6 Å². The first-order chi connectivity index (χ1) is 7.65. The van der Waals surface area contributed by atoms with E-state index >= 15 is 0 Å². The van der Waals surface area contributed by atoms with E-state index in [1.54, 1.807) is 7.05 Å². The molecule has 0 fully saturated rings. The van der Waals surface area contributed by atoms with Gasteiger partial charge in [0.15, 0.2) is 17.9 Å². The van der Waals surface area contributed by atoms with E-state index in [9.17, 15) is 8.78 Å². The van der Waals surface area contributed by atoms with Crippen LogP contribution in [-0.2, 0) is 9.47 Å². The Labute approximate surface area is 93.4 Å². The zero-order valence-electron chi connectivity index (χ0n) is 9.46. The van der Waals surface area contributed by atoms with Gasteiger partial charge in [-0.2, -0.15) is 0 Å². The number of rotatable bonds is 5. The Bertz CT molecular complexity index is 343. The summed E-state index contributed by atoms with van der Waals surface area (Å²) in [6.07, 6.45) is -0.679. The fraction of sp³-hybridized carbons (Fsp3) is 0.455. The van der Waals surface area contributed by atoms with Gasteiger partial charge >= 0.3 is 0 Å². The van der Waals surface area contributed by atoms with Crippen LogP contribution < -0.4 is 5.32 Å². The summed E-state index contributed by atoms with van der Waals surface area (Å²) in [5.74, 6) is -1.77. The standard InChI is InChI=1S/C11H15F2NO2/c1-14-10(11(15-2)16-3)7-5-4-6-8(12)9(7)13/h4-6,10-11,14H,1-3H3. The Morgan fingerprint density at radius 3 is 2.31 bits per heavy atom. The first kappa shape index (κ1) is 13.0. The maximum Gasteiger partial charge on any atom is 0.176 e. The molecule has 0 aliphatic rings. The van der Waals surface area contributed by atoms with E-state index in [-0.39, 0.29) is 5.56 Å². The van der Waals surface area contributed by atoms with Gasteiger partial charge in [-0.15, -0.1) is 0 Å². The number of likely N-dealkylation sites (N-methyl/N-ethyl adjacent to an activating group) is 1. The third-order valence-electron chi connectivity index (χ3n) is 2.36. The van der Waals surface area contributed by atoms with Crippen LogP contribution in [0.2, 0.25) is 0 Å². The summed E-state index contributed by atoms with van der Waals surface area (Å²) in [6, 6.07) is 3.44. The normalized spacial score (nSPS) is 13.1. The van der Waals surface area contributed by atoms with Crippen LogP contribution in [0.1, 0.15) is 11.6 Å². The van der Waals surface area contributed by atoms with Crippen molar-refractivity contribution in [3.63, 3.8) is 0 Å². The number of nitrogens with one attached hydrogen (secondary N) is 1. The molecule has 0 aromatic heterocycles. The van der Waals surface area contributed by atoms with Gasteiger partial charge < -0.3 is 14.8 Å². The molecule has 1 atom stereocenters. The van der Waals surface area contributed by atoms with Crippen molar-refractivity contribution < 1.29 is 18.3 Å². The van der Waals surface area contributed by atoms with E-state index in [4.69, 9.17) is 9.47 Å². The Hall–Kier alpha value is -1.04. The number of hydrogen-bond donors (Lipinski definition) is 1. The topological polar surface area (TPSA) is 30.5 Å². The minimum Gasteiger partial charge on any atom is -0.354 e. The lowest BCUT2D eigenvalue weighted by Gasteiger charge is -2.25. The van der Waals surface area contributed by atoms with Gasteiger partial charge in [-0.05, 0) is 13.1 Å². The molecule has 1 aromatic carbocycles. The largest absolute Gasteiger partial charge is 0.354 e. The van der Waals surface area contributed by atoms with Crippen molar-refractivity contribution in [3.05, 3.63) is 35.4 Å². The van der Waals surface area contributed by atoms with Gasteiger partial charge in [0.2, 0.25) is 0 Å². The van der Waals surface area contributed by atoms with Crippen LogP contribution in [0, 0.1) is 11.6 Å². The van der Waals surface area contributed by atoms with Crippen LogP contribution in [0.15, 0.2) is 18.2 Å². The number of methoxy groups -OCH3 is 2. The smallest absolute Gasteiger partial charge is 0.176 e. The average molecular weight is 231 g/mol. The molecule has 16 heavy (non-hydrogen) atoms. The fourth-order valence-corrected chi connectivity index (χ4v) is 1.57. The van der Waals surface area contributed by atoms with E-state index in [1.807, 2.05) is 0 Å². The summed E-state index contributed by atoms with van der Waals surface area (Å²) in [7, 11) is 4.51. The molecule has 0 heterocycles. The number of ether oxygens (including phenoxy) is 2. The molecule has 0 aliphatic heterocycles. The molecular formula is C11H15F2NO2. The van der Waals surface area contributed by atoms with Crippen molar-refractivity contribution in [1.29, 1.82) is 0 Å². The summed E-state index contributed by atoms with van der Waals surface area (Å²) in [4.78, 5) is 0. The van der Waals surface area contributed by atoms with Gasteiger partial charge in [0.1, 0.15) is 0 Å².